The number of hydrogen-bond donors (Lipinski definition) is 3. The van der Waals surface area contributed by atoms with Crippen LogP contribution in [0.15, 0.2) is 0 Å². The van der Waals surface area contributed by atoms with E-state index < -0.39 is 17.5 Å². The zero-order chi connectivity index (χ0) is 9.07. The molecule has 0 radical (unpaired) electrons. The van der Waals surface area contributed by atoms with E-state index in [2.05, 4.69) is 0 Å². The molecule has 1 atom stereocenters. The highest BCUT2D eigenvalue weighted by molar-refractivity contribution is 5.75. The maximum absolute atomic E-state index is 10.4. The molecule has 0 heterocycles. The summed E-state index contributed by atoms with van der Waals surface area (Å²) < 4.78 is 0. The second kappa shape index (κ2) is 5.08. The lowest BCUT2D eigenvalue weighted by Crippen LogP contribution is -2.52. The third kappa shape index (κ3) is 2.77. The summed E-state index contributed by atoms with van der Waals surface area (Å²) in [4.78, 5) is 10.4. The van der Waals surface area contributed by atoms with E-state index in [0.717, 1.165) is 0 Å². The van der Waals surface area contributed by atoms with Crippen molar-refractivity contribution in [1.29, 1.82) is 0 Å². The molecule has 5 nitrogen and oxygen atoms in total. The number of hydrogen-bond acceptors (Lipinski definition) is 4. The topological polar surface area (TPSA) is 117 Å². The number of carbonyl (C=O) groups excluding carboxylic acids is 1. The Morgan fingerprint density at radius 3 is 2.08 bits per heavy atom. The van der Waals surface area contributed by atoms with Crippen molar-refractivity contribution in [3.8, 4) is 0 Å². The summed E-state index contributed by atoms with van der Waals surface area (Å²) in [6, 6.07) is 0. The van der Waals surface area contributed by atoms with E-state index in [4.69, 9.17) is 5.11 Å². The summed E-state index contributed by atoms with van der Waals surface area (Å²) in [5, 5.41) is 28.2. The molecule has 0 aliphatic carbocycles. The Hall–Kier alpha value is -0.650. The molecular formula is C7H17NO4. The van der Waals surface area contributed by atoms with Crippen molar-refractivity contribution in [2.75, 3.05) is 6.61 Å². The van der Waals surface area contributed by atoms with Gasteiger partial charge >= 0.3 is 0 Å². The predicted molar refractivity (Wildman–Crippen MR) is 42.5 cm³/mol. The summed E-state index contributed by atoms with van der Waals surface area (Å²) in [5.74, 6) is -1.98. The molecule has 0 amide bonds. The Morgan fingerprint density at radius 1 is 1.58 bits per heavy atom. The number of carboxylic acid groups (broad SMARTS) is 1. The highest BCUT2D eigenvalue weighted by atomic mass is 16.4. The number of aliphatic carboxylic acids is 1. The zero-order valence-corrected chi connectivity index (χ0v) is 7.70. The van der Waals surface area contributed by atoms with E-state index >= 15 is 0 Å². The molecule has 0 aromatic carbocycles. The normalized spacial score (nSPS) is 15.1. The number of aliphatic hydroxyl groups is 2. The molecule has 0 aliphatic rings. The van der Waals surface area contributed by atoms with Crippen LogP contribution in [0.1, 0.15) is 20.3 Å². The van der Waals surface area contributed by atoms with Crippen molar-refractivity contribution < 1.29 is 20.1 Å². The molecule has 0 aliphatic heterocycles. The van der Waals surface area contributed by atoms with Gasteiger partial charge in [0.25, 0.3) is 0 Å². The first kappa shape index (κ1) is 13.9. The van der Waals surface area contributed by atoms with Crippen LogP contribution in [0.2, 0.25) is 0 Å². The van der Waals surface area contributed by atoms with Gasteiger partial charge in [0.1, 0.15) is 5.60 Å². The Labute approximate surface area is 71.6 Å². The van der Waals surface area contributed by atoms with Crippen molar-refractivity contribution in [2.24, 2.45) is 5.92 Å². The molecule has 0 saturated carbocycles. The average molecular weight is 179 g/mol. The molecule has 0 fully saturated rings. The third-order valence-corrected chi connectivity index (χ3v) is 1.80. The van der Waals surface area contributed by atoms with Crippen molar-refractivity contribution >= 4 is 5.97 Å². The van der Waals surface area contributed by atoms with Gasteiger partial charge in [0.2, 0.25) is 0 Å². The van der Waals surface area contributed by atoms with Crippen LogP contribution >= 0.6 is 0 Å². The van der Waals surface area contributed by atoms with Crippen molar-refractivity contribution in [2.45, 2.75) is 25.9 Å². The number of rotatable bonds is 4. The van der Waals surface area contributed by atoms with E-state index in [1.807, 2.05) is 0 Å². The summed E-state index contributed by atoms with van der Waals surface area (Å²) in [7, 11) is 0. The third-order valence-electron chi connectivity index (χ3n) is 1.80. The van der Waals surface area contributed by atoms with Gasteiger partial charge in [-0.2, -0.15) is 0 Å². The quantitative estimate of drug-likeness (QED) is 0.506. The van der Waals surface area contributed by atoms with Crippen LogP contribution in [0.5, 0.6) is 0 Å². The number of aliphatic hydroxyl groups excluding tert-OH is 1. The fraction of sp³-hybridized carbons (Fsp3) is 0.857. The van der Waals surface area contributed by atoms with E-state index in [0.29, 0.717) is 0 Å². The minimum absolute atomic E-state index is 0. The van der Waals surface area contributed by atoms with Crippen molar-refractivity contribution in [3.63, 3.8) is 0 Å². The SMILES string of the molecule is CC(C)C(O)(CCO)C(=O)[O-].[NH4+]. The fourth-order valence-corrected chi connectivity index (χ4v) is 0.797. The molecule has 74 valence electrons. The first-order valence-electron chi connectivity index (χ1n) is 3.50. The van der Waals surface area contributed by atoms with Crippen LogP contribution in [0.3, 0.4) is 0 Å². The number of quaternary nitrogens is 1. The summed E-state index contributed by atoms with van der Waals surface area (Å²) >= 11 is 0. The Bertz CT molecular complexity index is 148. The molecular weight excluding hydrogens is 162 g/mol. The van der Waals surface area contributed by atoms with Gasteiger partial charge in [0.05, 0.1) is 5.97 Å². The minimum Gasteiger partial charge on any atom is -0.547 e. The number of carboxylic acids is 1. The van der Waals surface area contributed by atoms with Crippen LogP contribution in [0, 0.1) is 5.92 Å². The maximum Gasteiger partial charge on any atom is 0.108 e. The minimum atomic E-state index is -1.89. The second-order valence-electron chi connectivity index (χ2n) is 2.84. The van der Waals surface area contributed by atoms with Crippen LogP contribution in [-0.2, 0) is 4.79 Å². The highest BCUT2D eigenvalue weighted by Crippen LogP contribution is 2.19. The smallest absolute Gasteiger partial charge is 0.108 e. The maximum atomic E-state index is 10.4. The largest absolute Gasteiger partial charge is 0.547 e. The molecule has 1 unspecified atom stereocenters. The summed E-state index contributed by atoms with van der Waals surface area (Å²) in [6.45, 7) is 2.76. The molecule has 0 aromatic heterocycles. The van der Waals surface area contributed by atoms with Crippen LogP contribution < -0.4 is 11.3 Å². The molecule has 0 rings (SSSR count). The van der Waals surface area contributed by atoms with Gasteiger partial charge in [-0.1, -0.05) is 13.8 Å². The number of carbonyl (C=O) groups is 1. The Balaban J connectivity index is 0. The van der Waals surface area contributed by atoms with E-state index in [1.54, 1.807) is 13.8 Å². The van der Waals surface area contributed by atoms with Crippen LogP contribution in [0.4, 0.5) is 0 Å². The average Bonchev–Trinajstić information content (AvgIpc) is 1.87. The molecule has 12 heavy (non-hydrogen) atoms. The first-order chi connectivity index (χ1) is 4.95. The van der Waals surface area contributed by atoms with E-state index in [1.165, 1.54) is 0 Å². The lowest BCUT2D eigenvalue weighted by molar-refractivity contribution is -0.328. The lowest BCUT2D eigenvalue weighted by Gasteiger charge is -2.32. The zero-order valence-electron chi connectivity index (χ0n) is 7.70. The Kier molecular flexibility index (Phi) is 5.88. The van der Waals surface area contributed by atoms with Crippen LogP contribution in [-0.4, -0.2) is 28.4 Å². The molecule has 0 bridgehead atoms. The van der Waals surface area contributed by atoms with Gasteiger partial charge in [-0.3, -0.25) is 0 Å². The molecule has 5 heteroatoms. The molecule has 6 N–H and O–H groups in total. The summed E-state index contributed by atoms with van der Waals surface area (Å²) in [6.07, 6.45) is -0.188. The van der Waals surface area contributed by atoms with E-state index in [-0.39, 0.29) is 19.2 Å². The van der Waals surface area contributed by atoms with E-state index in [9.17, 15) is 15.0 Å². The molecule has 0 spiro atoms. The first-order valence-corrected chi connectivity index (χ1v) is 3.50. The van der Waals surface area contributed by atoms with Gasteiger partial charge in [0, 0.05) is 13.0 Å². The predicted octanol–water partition coefficient (Wildman–Crippen LogP) is -1.12. The Morgan fingerprint density at radius 2 is 2.00 bits per heavy atom. The van der Waals surface area contributed by atoms with Gasteiger partial charge in [-0.25, -0.2) is 0 Å². The molecule has 0 saturated heterocycles. The van der Waals surface area contributed by atoms with Gasteiger partial charge < -0.3 is 26.3 Å². The van der Waals surface area contributed by atoms with Crippen LogP contribution in [0.25, 0.3) is 0 Å². The second-order valence-corrected chi connectivity index (χ2v) is 2.84. The van der Waals surface area contributed by atoms with Gasteiger partial charge in [-0.15, -0.1) is 0 Å². The summed E-state index contributed by atoms with van der Waals surface area (Å²) in [5.41, 5.74) is -1.89. The standard InChI is InChI=1S/C7H14O4.H3N/c1-5(2)7(11,3-4-8)6(9)10;/h5,8,11H,3-4H2,1-2H3,(H,9,10);1H3. The van der Waals surface area contributed by atoms with Crippen molar-refractivity contribution in [3.05, 3.63) is 0 Å². The van der Waals surface area contributed by atoms with Gasteiger partial charge in [0.15, 0.2) is 0 Å². The highest BCUT2D eigenvalue weighted by Gasteiger charge is 2.31. The van der Waals surface area contributed by atoms with Crippen molar-refractivity contribution in [1.82, 2.24) is 6.15 Å². The van der Waals surface area contributed by atoms with Gasteiger partial charge in [-0.05, 0) is 5.92 Å². The monoisotopic (exact) mass is 179 g/mol. The fourth-order valence-electron chi connectivity index (χ4n) is 0.797. The lowest BCUT2D eigenvalue weighted by atomic mass is 9.87. The molecule has 0 aromatic rings.